The molecule has 28 heavy (non-hydrogen) atoms. The summed E-state index contributed by atoms with van der Waals surface area (Å²) in [6.07, 6.45) is 0. The normalized spacial score (nSPS) is 11.6. The number of amides is 2. The second-order valence-electron chi connectivity index (χ2n) is 6.25. The van der Waals surface area contributed by atoms with E-state index in [4.69, 9.17) is 4.74 Å². The van der Waals surface area contributed by atoms with Gasteiger partial charge in [-0.15, -0.1) is 11.8 Å². The SMILES string of the molecule is CNC(=O)C(C)N(Cc1cccc(OC)c1)C(=O)CSCc1ccccc1F. The van der Waals surface area contributed by atoms with Gasteiger partial charge in [-0.25, -0.2) is 4.39 Å². The fraction of sp³-hybridized carbons (Fsp3) is 0.333. The maximum absolute atomic E-state index is 13.7. The van der Waals surface area contributed by atoms with Crippen molar-refractivity contribution in [2.24, 2.45) is 0 Å². The summed E-state index contributed by atoms with van der Waals surface area (Å²) in [5, 5.41) is 2.58. The molecule has 2 aromatic carbocycles. The van der Waals surface area contributed by atoms with Crippen LogP contribution >= 0.6 is 11.8 Å². The molecule has 7 heteroatoms. The number of nitrogens with one attached hydrogen (secondary N) is 1. The van der Waals surface area contributed by atoms with Gasteiger partial charge in [0.25, 0.3) is 0 Å². The Morgan fingerprint density at radius 2 is 1.96 bits per heavy atom. The Bertz CT molecular complexity index is 816. The van der Waals surface area contributed by atoms with Gasteiger partial charge in [0.1, 0.15) is 17.6 Å². The lowest BCUT2D eigenvalue weighted by Crippen LogP contribution is -2.47. The van der Waals surface area contributed by atoms with E-state index in [1.54, 1.807) is 39.3 Å². The molecular weight excluding hydrogens is 379 g/mol. The first-order valence-corrected chi connectivity index (χ1v) is 10.1. The molecule has 2 aromatic rings. The zero-order valence-electron chi connectivity index (χ0n) is 16.3. The quantitative estimate of drug-likeness (QED) is 0.697. The molecule has 1 atom stereocenters. The minimum Gasteiger partial charge on any atom is -0.497 e. The lowest BCUT2D eigenvalue weighted by Gasteiger charge is -2.28. The van der Waals surface area contributed by atoms with E-state index in [-0.39, 0.29) is 29.9 Å². The van der Waals surface area contributed by atoms with E-state index < -0.39 is 6.04 Å². The minimum atomic E-state index is -0.627. The molecule has 5 nitrogen and oxygen atoms in total. The lowest BCUT2D eigenvalue weighted by atomic mass is 10.1. The van der Waals surface area contributed by atoms with E-state index in [9.17, 15) is 14.0 Å². The maximum Gasteiger partial charge on any atom is 0.242 e. The first-order chi connectivity index (χ1) is 13.5. The Hall–Kier alpha value is -2.54. The molecule has 0 radical (unpaired) electrons. The first kappa shape index (κ1) is 21.8. The number of methoxy groups -OCH3 is 1. The fourth-order valence-electron chi connectivity index (χ4n) is 2.71. The van der Waals surface area contributed by atoms with Crippen molar-refractivity contribution in [1.29, 1.82) is 0 Å². The molecule has 0 saturated heterocycles. The van der Waals surface area contributed by atoms with Crippen molar-refractivity contribution in [1.82, 2.24) is 10.2 Å². The summed E-state index contributed by atoms with van der Waals surface area (Å²) in [7, 11) is 3.12. The molecule has 0 aliphatic carbocycles. The van der Waals surface area contributed by atoms with Crippen LogP contribution in [-0.4, -0.2) is 42.7 Å². The molecule has 0 saturated carbocycles. The third-order valence-electron chi connectivity index (χ3n) is 4.34. The van der Waals surface area contributed by atoms with Crippen LogP contribution in [0.5, 0.6) is 5.75 Å². The zero-order chi connectivity index (χ0) is 20.5. The van der Waals surface area contributed by atoms with E-state index in [1.165, 1.54) is 22.7 Å². The molecule has 1 unspecified atom stereocenters. The summed E-state index contributed by atoms with van der Waals surface area (Å²) in [5.41, 5.74) is 1.42. The lowest BCUT2D eigenvalue weighted by molar-refractivity contribution is -0.138. The Labute approximate surface area is 169 Å². The van der Waals surface area contributed by atoms with Crippen LogP contribution in [0.4, 0.5) is 4.39 Å². The van der Waals surface area contributed by atoms with Crippen LogP contribution in [0, 0.1) is 5.82 Å². The Kier molecular flexibility index (Phi) is 8.32. The van der Waals surface area contributed by atoms with Gasteiger partial charge in [0, 0.05) is 19.3 Å². The molecule has 0 aromatic heterocycles. The summed E-state index contributed by atoms with van der Waals surface area (Å²) in [4.78, 5) is 26.5. The Morgan fingerprint density at radius 3 is 2.64 bits per heavy atom. The highest BCUT2D eigenvalue weighted by Crippen LogP contribution is 2.19. The average Bonchev–Trinajstić information content (AvgIpc) is 2.72. The summed E-state index contributed by atoms with van der Waals surface area (Å²) < 4.78 is 19.0. The molecule has 0 spiro atoms. The van der Waals surface area contributed by atoms with Crippen LogP contribution in [0.2, 0.25) is 0 Å². The monoisotopic (exact) mass is 404 g/mol. The zero-order valence-corrected chi connectivity index (χ0v) is 17.1. The fourth-order valence-corrected chi connectivity index (χ4v) is 3.60. The van der Waals surface area contributed by atoms with Crippen LogP contribution in [-0.2, 0) is 21.9 Å². The molecular formula is C21H25FN2O3S. The highest BCUT2D eigenvalue weighted by Gasteiger charge is 2.25. The number of likely N-dealkylation sites (N-methyl/N-ethyl adjacent to an activating group) is 1. The molecule has 0 aliphatic rings. The largest absolute Gasteiger partial charge is 0.497 e. The van der Waals surface area contributed by atoms with Crippen molar-refractivity contribution in [3.05, 3.63) is 65.5 Å². The number of nitrogens with zero attached hydrogens (tertiary/aromatic N) is 1. The standard InChI is InChI=1S/C21H25FN2O3S/c1-15(21(26)23-2)24(12-16-7-6-9-18(11-16)27-3)20(25)14-28-13-17-8-4-5-10-19(17)22/h4-11,15H,12-14H2,1-3H3,(H,23,26). The van der Waals surface area contributed by atoms with E-state index in [1.807, 2.05) is 24.3 Å². The molecule has 0 fully saturated rings. The highest BCUT2D eigenvalue weighted by molar-refractivity contribution is 7.99. The van der Waals surface area contributed by atoms with Crippen LogP contribution < -0.4 is 10.1 Å². The first-order valence-electron chi connectivity index (χ1n) is 8.91. The predicted molar refractivity (Wildman–Crippen MR) is 110 cm³/mol. The van der Waals surface area contributed by atoms with Crippen molar-refractivity contribution < 1.29 is 18.7 Å². The van der Waals surface area contributed by atoms with Crippen LogP contribution in [0.15, 0.2) is 48.5 Å². The van der Waals surface area contributed by atoms with Gasteiger partial charge >= 0.3 is 0 Å². The minimum absolute atomic E-state index is 0.152. The summed E-state index contributed by atoms with van der Waals surface area (Å²) in [6.45, 7) is 1.98. The number of carbonyl (C=O) groups excluding carboxylic acids is 2. The van der Waals surface area contributed by atoms with E-state index in [0.29, 0.717) is 17.1 Å². The number of benzene rings is 2. The second kappa shape index (κ2) is 10.7. The van der Waals surface area contributed by atoms with Gasteiger partial charge in [0.15, 0.2) is 0 Å². The van der Waals surface area contributed by atoms with Gasteiger partial charge in [0.2, 0.25) is 11.8 Å². The highest BCUT2D eigenvalue weighted by atomic mass is 32.2. The number of hydrogen-bond donors (Lipinski definition) is 1. The number of hydrogen-bond acceptors (Lipinski definition) is 4. The van der Waals surface area contributed by atoms with Crippen LogP contribution in [0.1, 0.15) is 18.1 Å². The number of rotatable bonds is 9. The maximum atomic E-state index is 13.7. The van der Waals surface area contributed by atoms with Gasteiger partial charge in [-0.05, 0) is 36.2 Å². The molecule has 2 rings (SSSR count). The van der Waals surface area contributed by atoms with Crippen molar-refractivity contribution in [3.63, 3.8) is 0 Å². The van der Waals surface area contributed by atoms with E-state index in [0.717, 1.165) is 5.56 Å². The molecule has 1 N–H and O–H groups in total. The van der Waals surface area contributed by atoms with Crippen molar-refractivity contribution >= 4 is 23.6 Å². The average molecular weight is 405 g/mol. The second-order valence-corrected chi connectivity index (χ2v) is 7.23. The summed E-state index contributed by atoms with van der Waals surface area (Å²) in [6, 6.07) is 13.3. The van der Waals surface area contributed by atoms with Crippen molar-refractivity contribution in [3.8, 4) is 5.75 Å². The number of halogens is 1. The van der Waals surface area contributed by atoms with Gasteiger partial charge in [-0.2, -0.15) is 0 Å². The third kappa shape index (κ3) is 5.99. The van der Waals surface area contributed by atoms with Crippen molar-refractivity contribution in [2.45, 2.75) is 25.3 Å². The number of ether oxygens (including phenoxy) is 1. The van der Waals surface area contributed by atoms with Crippen LogP contribution in [0.25, 0.3) is 0 Å². The van der Waals surface area contributed by atoms with Gasteiger partial charge in [-0.3, -0.25) is 9.59 Å². The van der Waals surface area contributed by atoms with Crippen LogP contribution in [0.3, 0.4) is 0 Å². The number of thioether (sulfide) groups is 1. The van der Waals surface area contributed by atoms with Gasteiger partial charge < -0.3 is 15.0 Å². The smallest absolute Gasteiger partial charge is 0.242 e. The third-order valence-corrected chi connectivity index (χ3v) is 5.31. The molecule has 0 bridgehead atoms. The molecule has 2 amide bonds. The van der Waals surface area contributed by atoms with Crippen molar-refractivity contribution in [2.75, 3.05) is 19.9 Å². The summed E-state index contributed by atoms with van der Waals surface area (Å²) in [5.74, 6) is 0.524. The molecule has 150 valence electrons. The van der Waals surface area contributed by atoms with Gasteiger partial charge in [-0.1, -0.05) is 30.3 Å². The van der Waals surface area contributed by atoms with Gasteiger partial charge in [0.05, 0.1) is 12.9 Å². The van der Waals surface area contributed by atoms with E-state index in [2.05, 4.69) is 5.32 Å². The molecule has 0 aliphatic heterocycles. The predicted octanol–water partition coefficient (Wildman–Crippen LogP) is 3.23. The number of carbonyl (C=O) groups is 2. The van der Waals surface area contributed by atoms with E-state index >= 15 is 0 Å². The Morgan fingerprint density at radius 1 is 1.21 bits per heavy atom. The molecule has 0 heterocycles. The Balaban J connectivity index is 2.08. The topological polar surface area (TPSA) is 58.6 Å². The summed E-state index contributed by atoms with van der Waals surface area (Å²) >= 11 is 1.32.